The Morgan fingerprint density at radius 2 is 1.81 bits per heavy atom. The third-order valence-corrected chi connectivity index (χ3v) is 6.61. The number of rotatable bonds is 6. The van der Waals surface area contributed by atoms with Crippen LogP contribution in [0.1, 0.15) is 15.4 Å². The summed E-state index contributed by atoms with van der Waals surface area (Å²) in [5.74, 6) is -1.33. The van der Waals surface area contributed by atoms with Crippen LogP contribution in [0.5, 0.6) is 5.75 Å². The third kappa shape index (κ3) is 4.40. The van der Waals surface area contributed by atoms with Gasteiger partial charge in [-0.2, -0.15) is 5.11 Å². The zero-order valence-corrected chi connectivity index (χ0v) is 18.1. The van der Waals surface area contributed by atoms with E-state index in [4.69, 9.17) is 0 Å². The molecule has 0 saturated carbocycles. The molecule has 0 bridgehead atoms. The highest BCUT2D eigenvalue weighted by atomic mass is 32.2. The molecule has 0 aliphatic heterocycles. The Kier molecular flexibility index (Phi) is 5.55. The number of anilines is 1. The Morgan fingerprint density at radius 1 is 1.06 bits per heavy atom. The first-order chi connectivity index (χ1) is 15.2. The fraction of sp³-hybridized carbons (Fsp3) is 0.0500. The van der Waals surface area contributed by atoms with Gasteiger partial charge in [0.2, 0.25) is 5.13 Å². The molecule has 1 aromatic heterocycles. The molecule has 0 radical (unpaired) electrons. The molecule has 1 heterocycles. The van der Waals surface area contributed by atoms with E-state index in [0.717, 1.165) is 11.3 Å². The highest BCUT2D eigenvalue weighted by molar-refractivity contribution is 7.93. The smallest absolute Gasteiger partial charge is 0.336 e. The van der Waals surface area contributed by atoms with Gasteiger partial charge in [0.15, 0.2) is 0 Å². The Morgan fingerprint density at radius 3 is 2.47 bits per heavy atom. The van der Waals surface area contributed by atoms with Gasteiger partial charge >= 0.3 is 5.97 Å². The number of aromatic carboxylic acids is 1. The van der Waals surface area contributed by atoms with E-state index in [1.165, 1.54) is 42.5 Å². The van der Waals surface area contributed by atoms with Gasteiger partial charge in [0, 0.05) is 0 Å². The molecule has 3 N–H and O–H groups in total. The average Bonchev–Trinajstić information content (AvgIpc) is 3.15. The first kappa shape index (κ1) is 21.3. The molecule has 32 heavy (non-hydrogen) atoms. The van der Waals surface area contributed by atoms with Crippen molar-refractivity contribution in [2.45, 2.75) is 11.8 Å². The molecule has 162 valence electrons. The number of hydrogen-bond acceptors (Lipinski definition) is 9. The van der Waals surface area contributed by atoms with E-state index in [2.05, 4.69) is 25.1 Å². The number of aromatic nitrogens is 2. The number of hydrogen-bond donors (Lipinski definition) is 3. The minimum absolute atomic E-state index is 0.0130. The fourth-order valence-electron chi connectivity index (χ4n) is 2.88. The Hall–Kier alpha value is -3.90. The van der Waals surface area contributed by atoms with Crippen LogP contribution < -0.4 is 4.72 Å². The van der Waals surface area contributed by atoms with Gasteiger partial charge < -0.3 is 10.2 Å². The maximum absolute atomic E-state index is 12.4. The second-order valence-electron chi connectivity index (χ2n) is 6.60. The van der Waals surface area contributed by atoms with E-state index in [1.807, 2.05) is 0 Å². The van der Waals surface area contributed by atoms with E-state index in [1.54, 1.807) is 19.1 Å². The van der Waals surface area contributed by atoms with Gasteiger partial charge in [-0.3, -0.25) is 4.72 Å². The molecule has 4 aromatic rings. The van der Waals surface area contributed by atoms with Gasteiger partial charge in [0.1, 0.15) is 16.4 Å². The van der Waals surface area contributed by atoms with Crippen LogP contribution in [-0.2, 0) is 10.0 Å². The fourth-order valence-corrected chi connectivity index (χ4v) is 4.71. The maximum atomic E-state index is 12.4. The molecule has 0 atom stereocenters. The third-order valence-electron chi connectivity index (χ3n) is 4.37. The van der Waals surface area contributed by atoms with Crippen LogP contribution in [0.25, 0.3) is 10.8 Å². The van der Waals surface area contributed by atoms with Crippen LogP contribution in [0.3, 0.4) is 0 Å². The lowest BCUT2D eigenvalue weighted by atomic mass is 10.0. The van der Waals surface area contributed by atoms with E-state index in [-0.39, 0.29) is 27.0 Å². The molecule has 12 heteroatoms. The number of sulfonamides is 1. The average molecular weight is 470 g/mol. The first-order valence-corrected chi connectivity index (χ1v) is 11.4. The lowest BCUT2D eigenvalue weighted by Gasteiger charge is -2.06. The Bertz CT molecular complexity index is 1460. The predicted octanol–water partition coefficient (Wildman–Crippen LogP) is 4.62. The van der Waals surface area contributed by atoms with Crippen molar-refractivity contribution in [3.05, 3.63) is 65.2 Å². The lowest BCUT2D eigenvalue weighted by Crippen LogP contribution is -2.12. The number of phenolic OH excluding ortho intramolecular Hbond substituents is 1. The number of nitrogens with zero attached hydrogens (tertiary/aromatic N) is 4. The first-order valence-electron chi connectivity index (χ1n) is 9.07. The number of benzene rings is 3. The largest absolute Gasteiger partial charge is 0.506 e. The summed E-state index contributed by atoms with van der Waals surface area (Å²) in [5.41, 5.74) is 0.565. The molecular formula is C20H15N5O5S2. The lowest BCUT2D eigenvalue weighted by molar-refractivity contribution is 0.0699. The van der Waals surface area contributed by atoms with Crippen molar-refractivity contribution in [1.82, 2.24) is 10.2 Å². The van der Waals surface area contributed by atoms with Crippen molar-refractivity contribution in [3.8, 4) is 5.75 Å². The zero-order chi connectivity index (χ0) is 22.9. The molecule has 0 unspecified atom stereocenters. The summed E-state index contributed by atoms with van der Waals surface area (Å²) in [5, 5.41) is 36.8. The van der Waals surface area contributed by atoms with E-state index < -0.39 is 16.0 Å². The summed E-state index contributed by atoms with van der Waals surface area (Å²) in [6, 6.07) is 13.2. The number of aromatic hydroxyl groups is 1. The van der Waals surface area contributed by atoms with Gasteiger partial charge in [-0.25, -0.2) is 13.2 Å². The quantitative estimate of drug-likeness (QED) is 0.348. The molecule has 10 nitrogen and oxygen atoms in total. The van der Waals surface area contributed by atoms with Gasteiger partial charge in [-0.1, -0.05) is 23.5 Å². The van der Waals surface area contributed by atoms with Crippen LogP contribution in [0.15, 0.2) is 69.7 Å². The summed E-state index contributed by atoms with van der Waals surface area (Å²) in [6.45, 7) is 1.72. The van der Waals surface area contributed by atoms with Gasteiger partial charge in [-0.05, 0) is 60.2 Å². The predicted molar refractivity (Wildman–Crippen MR) is 119 cm³/mol. The number of carboxylic acid groups (broad SMARTS) is 1. The molecule has 0 aliphatic rings. The molecule has 0 spiro atoms. The van der Waals surface area contributed by atoms with Crippen LogP contribution >= 0.6 is 11.3 Å². The molecule has 0 aliphatic carbocycles. The monoisotopic (exact) mass is 469 g/mol. The van der Waals surface area contributed by atoms with Crippen LogP contribution in [0.2, 0.25) is 0 Å². The molecule has 0 fully saturated rings. The molecule has 0 saturated heterocycles. The SMILES string of the molecule is Cc1nnc(NS(=O)(=O)c2ccc(N=Nc3cc4cccc(C(=O)O)c4cc3O)cc2)s1. The van der Waals surface area contributed by atoms with Gasteiger partial charge in [0.25, 0.3) is 10.0 Å². The van der Waals surface area contributed by atoms with Gasteiger partial charge in [0.05, 0.1) is 16.1 Å². The number of fused-ring (bicyclic) bond motifs is 1. The minimum atomic E-state index is -3.83. The van der Waals surface area contributed by atoms with Crippen molar-refractivity contribution < 1.29 is 23.4 Å². The topological polar surface area (TPSA) is 154 Å². The number of carboxylic acids is 1. The maximum Gasteiger partial charge on any atom is 0.336 e. The van der Waals surface area contributed by atoms with Gasteiger partial charge in [-0.15, -0.1) is 15.3 Å². The Labute approximate surface area is 186 Å². The molecular weight excluding hydrogens is 454 g/mol. The number of carbonyl (C=O) groups is 1. The van der Waals surface area contributed by atoms with Crippen LogP contribution in [0.4, 0.5) is 16.5 Å². The summed E-state index contributed by atoms with van der Waals surface area (Å²) in [7, 11) is -3.83. The molecule has 0 amide bonds. The normalized spacial score (nSPS) is 11.8. The summed E-state index contributed by atoms with van der Waals surface area (Å²) in [6.07, 6.45) is 0. The summed E-state index contributed by atoms with van der Waals surface area (Å²) >= 11 is 1.12. The zero-order valence-electron chi connectivity index (χ0n) is 16.4. The standard InChI is InChI=1S/C20H15N5O5S2/c1-11-21-24-20(31-11)25-32(29,30)14-7-5-13(6-8-14)22-23-17-9-12-3-2-4-15(19(27)28)16(12)10-18(17)26/h2-10,26H,1H3,(H,24,25)(H,27,28). The van der Waals surface area contributed by atoms with Crippen molar-refractivity contribution >= 4 is 54.6 Å². The molecule has 3 aromatic carbocycles. The highest BCUT2D eigenvalue weighted by Crippen LogP contribution is 2.34. The van der Waals surface area contributed by atoms with Crippen molar-refractivity contribution in [2.75, 3.05) is 4.72 Å². The highest BCUT2D eigenvalue weighted by Gasteiger charge is 2.16. The minimum Gasteiger partial charge on any atom is -0.506 e. The number of nitrogens with one attached hydrogen (secondary N) is 1. The second-order valence-corrected chi connectivity index (χ2v) is 9.46. The van der Waals surface area contributed by atoms with Crippen molar-refractivity contribution in [2.24, 2.45) is 10.2 Å². The van der Waals surface area contributed by atoms with E-state index in [0.29, 0.717) is 21.5 Å². The molecule has 4 rings (SSSR count). The number of azo groups is 1. The van der Waals surface area contributed by atoms with Crippen molar-refractivity contribution in [1.29, 1.82) is 0 Å². The Balaban J connectivity index is 1.57. The van der Waals surface area contributed by atoms with Crippen LogP contribution in [0, 0.1) is 6.92 Å². The number of aryl methyl sites for hydroxylation is 1. The second kappa shape index (κ2) is 8.32. The van der Waals surface area contributed by atoms with Crippen molar-refractivity contribution in [3.63, 3.8) is 0 Å². The number of phenols is 1. The summed E-state index contributed by atoms with van der Waals surface area (Å²) in [4.78, 5) is 11.4. The summed E-state index contributed by atoms with van der Waals surface area (Å²) < 4.78 is 27.2. The van der Waals surface area contributed by atoms with E-state index >= 15 is 0 Å². The van der Waals surface area contributed by atoms with Crippen LogP contribution in [-0.4, -0.2) is 34.8 Å². The van der Waals surface area contributed by atoms with E-state index in [9.17, 15) is 23.4 Å².